The van der Waals surface area contributed by atoms with Gasteiger partial charge in [-0.2, -0.15) is 0 Å². The summed E-state index contributed by atoms with van der Waals surface area (Å²) < 4.78 is 18.4. The predicted molar refractivity (Wildman–Crippen MR) is 77.6 cm³/mol. The van der Waals surface area contributed by atoms with Crippen LogP contribution >= 0.6 is 12.2 Å². The fraction of sp³-hybridized carbons (Fsp3) is 0.500. The van der Waals surface area contributed by atoms with E-state index in [0.717, 1.165) is 18.7 Å². The SMILES string of the molecule is COCCN(Cc1ccc(F)cc1C(N)=S)C1CC1. The molecule has 1 fully saturated rings. The van der Waals surface area contributed by atoms with Crippen LogP contribution in [0.5, 0.6) is 0 Å². The normalized spacial score (nSPS) is 14.9. The smallest absolute Gasteiger partial charge is 0.123 e. The molecule has 0 radical (unpaired) electrons. The molecule has 104 valence electrons. The molecule has 1 aliphatic rings. The standard InChI is InChI=1S/C14H19FN2OS/c1-18-7-6-17(12-4-5-12)9-10-2-3-11(15)8-13(10)14(16)19/h2-3,8,12H,4-7,9H2,1H3,(H2,16,19). The number of thiocarbonyl (C=S) groups is 1. The van der Waals surface area contributed by atoms with Crippen LogP contribution in [0, 0.1) is 5.82 Å². The largest absolute Gasteiger partial charge is 0.389 e. The lowest BCUT2D eigenvalue weighted by atomic mass is 10.1. The molecule has 0 spiro atoms. The van der Waals surface area contributed by atoms with Gasteiger partial charge in [-0.1, -0.05) is 18.3 Å². The van der Waals surface area contributed by atoms with Gasteiger partial charge in [-0.15, -0.1) is 0 Å². The Hall–Kier alpha value is -1.04. The maximum atomic E-state index is 13.3. The van der Waals surface area contributed by atoms with Gasteiger partial charge in [0.2, 0.25) is 0 Å². The van der Waals surface area contributed by atoms with Crippen LogP contribution in [0.25, 0.3) is 0 Å². The third-order valence-corrected chi connectivity index (χ3v) is 3.58. The first kappa shape index (κ1) is 14.4. The van der Waals surface area contributed by atoms with E-state index in [0.29, 0.717) is 18.2 Å². The van der Waals surface area contributed by atoms with Gasteiger partial charge in [0.15, 0.2) is 0 Å². The summed E-state index contributed by atoms with van der Waals surface area (Å²) in [5.74, 6) is -0.304. The van der Waals surface area contributed by atoms with E-state index in [9.17, 15) is 4.39 Å². The van der Waals surface area contributed by atoms with Crippen LogP contribution in [0.15, 0.2) is 18.2 Å². The number of nitrogens with two attached hydrogens (primary N) is 1. The number of ether oxygens (including phenoxy) is 1. The molecule has 19 heavy (non-hydrogen) atoms. The molecule has 1 aliphatic carbocycles. The quantitative estimate of drug-likeness (QED) is 0.777. The third kappa shape index (κ3) is 3.96. The van der Waals surface area contributed by atoms with Gasteiger partial charge in [0, 0.05) is 31.8 Å². The van der Waals surface area contributed by atoms with Crippen molar-refractivity contribution in [2.45, 2.75) is 25.4 Å². The van der Waals surface area contributed by atoms with E-state index in [1.165, 1.54) is 25.0 Å². The highest BCUT2D eigenvalue weighted by molar-refractivity contribution is 7.80. The zero-order valence-electron chi connectivity index (χ0n) is 11.1. The minimum absolute atomic E-state index is 0.247. The van der Waals surface area contributed by atoms with Crippen molar-refractivity contribution in [2.24, 2.45) is 5.73 Å². The Balaban J connectivity index is 2.13. The monoisotopic (exact) mass is 282 g/mol. The maximum absolute atomic E-state index is 13.3. The highest BCUT2D eigenvalue weighted by atomic mass is 32.1. The topological polar surface area (TPSA) is 38.5 Å². The number of methoxy groups -OCH3 is 1. The van der Waals surface area contributed by atoms with Crippen molar-refractivity contribution in [2.75, 3.05) is 20.3 Å². The molecular weight excluding hydrogens is 263 g/mol. The minimum atomic E-state index is -0.304. The molecule has 0 unspecified atom stereocenters. The van der Waals surface area contributed by atoms with Crippen molar-refractivity contribution in [1.82, 2.24) is 4.90 Å². The Morgan fingerprint density at radius 2 is 2.26 bits per heavy atom. The number of nitrogens with zero attached hydrogens (tertiary/aromatic N) is 1. The van der Waals surface area contributed by atoms with Gasteiger partial charge in [0.05, 0.1) is 6.61 Å². The van der Waals surface area contributed by atoms with E-state index < -0.39 is 0 Å². The summed E-state index contributed by atoms with van der Waals surface area (Å²) >= 11 is 5.00. The molecule has 0 amide bonds. The fourth-order valence-corrected chi connectivity index (χ4v) is 2.36. The molecule has 5 heteroatoms. The van der Waals surface area contributed by atoms with Crippen LogP contribution in [0.1, 0.15) is 24.0 Å². The predicted octanol–water partition coefficient (Wildman–Crippen LogP) is 2.07. The Morgan fingerprint density at radius 1 is 1.53 bits per heavy atom. The molecule has 1 aromatic carbocycles. The number of hydrogen-bond donors (Lipinski definition) is 1. The zero-order valence-corrected chi connectivity index (χ0v) is 11.9. The Labute approximate surface area is 118 Å². The number of hydrogen-bond acceptors (Lipinski definition) is 3. The van der Waals surface area contributed by atoms with Crippen LogP contribution in [-0.4, -0.2) is 36.2 Å². The van der Waals surface area contributed by atoms with E-state index in [1.54, 1.807) is 13.2 Å². The highest BCUT2D eigenvalue weighted by Gasteiger charge is 2.29. The molecule has 1 saturated carbocycles. The van der Waals surface area contributed by atoms with Gasteiger partial charge in [-0.25, -0.2) is 4.39 Å². The minimum Gasteiger partial charge on any atom is -0.389 e. The third-order valence-electron chi connectivity index (χ3n) is 3.36. The molecule has 0 saturated heterocycles. The van der Waals surface area contributed by atoms with Gasteiger partial charge in [0.25, 0.3) is 0 Å². The van der Waals surface area contributed by atoms with Crippen molar-refractivity contribution in [3.05, 3.63) is 35.1 Å². The van der Waals surface area contributed by atoms with Crippen LogP contribution in [0.4, 0.5) is 4.39 Å². The second-order valence-corrected chi connectivity index (χ2v) is 5.30. The van der Waals surface area contributed by atoms with E-state index in [2.05, 4.69) is 4.90 Å². The lowest BCUT2D eigenvalue weighted by Crippen LogP contribution is -2.30. The van der Waals surface area contributed by atoms with Crippen LogP contribution in [-0.2, 0) is 11.3 Å². The van der Waals surface area contributed by atoms with Crippen molar-refractivity contribution < 1.29 is 9.13 Å². The van der Waals surface area contributed by atoms with Gasteiger partial charge in [-0.3, -0.25) is 4.90 Å². The highest BCUT2D eigenvalue weighted by Crippen LogP contribution is 2.28. The average molecular weight is 282 g/mol. The van der Waals surface area contributed by atoms with Crippen LogP contribution in [0.3, 0.4) is 0 Å². The maximum Gasteiger partial charge on any atom is 0.123 e. The second kappa shape index (κ2) is 6.41. The summed E-state index contributed by atoms with van der Waals surface area (Å²) in [6.45, 7) is 2.30. The lowest BCUT2D eigenvalue weighted by molar-refractivity contribution is 0.139. The van der Waals surface area contributed by atoms with Crippen LogP contribution in [0.2, 0.25) is 0 Å². The molecule has 0 atom stereocenters. The van der Waals surface area contributed by atoms with Gasteiger partial charge < -0.3 is 10.5 Å². The summed E-state index contributed by atoms with van der Waals surface area (Å²) in [5, 5.41) is 0. The molecule has 0 aliphatic heterocycles. The van der Waals surface area contributed by atoms with Gasteiger partial charge >= 0.3 is 0 Å². The molecule has 3 nitrogen and oxygen atoms in total. The number of halogens is 1. The second-order valence-electron chi connectivity index (χ2n) is 4.86. The van der Waals surface area contributed by atoms with Gasteiger partial charge in [-0.05, 0) is 30.5 Å². The fourth-order valence-electron chi connectivity index (χ4n) is 2.17. The first-order chi connectivity index (χ1) is 9.11. The number of benzene rings is 1. The van der Waals surface area contributed by atoms with E-state index >= 15 is 0 Å². The molecule has 2 N–H and O–H groups in total. The van der Waals surface area contributed by atoms with Crippen LogP contribution < -0.4 is 5.73 Å². The first-order valence-electron chi connectivity index (χ1n) is 6.43. The molecule has 0 aromatic heterocycles. The summed E-state index contributed by atoms with van der Waals surface area (Å²) in [5.41, 5.74) is 7.29. The molecule has 0 bridgehead atoms. The molecule has 2 rings (SSSR count). The first-order valence-corrected chi connectivity index (χ1v) is 6.84. The van der Waals surface area contributed by atoms with Gasteiger partial charge in [0.1, 0.15) is 10.8 Å². The molecule has 0 heterocycles. The lowest BCUT2D eigenvalue weighted by Gasteiger charge is -2.23. The Kier molecular flexibility index (Phi) is 4.85. The van der Waals surface area contributed by atoms with Crippen molar-refractivity contribution >= 4 is 17.2 Å². The van der Waals surface area contributed by atoms with E-state index in [1.807, 2.05) is 0 Å². The average Bonchev–Trinajstić information content (AvgIpc) is 3.20. The van der Waals surface area contributed by atoms with Crippen molar-refractivity contribution in [3.8, 4) is 0 Å². The zero-order chi connectivity index (χ0) is 13.8. The van der Waals surface area contributed by atoms with Crippen molar-refractivity contribution in [3.63, 3.8) is 0 Å². The van der Waals surface area contributed by atoms with E-state index in [4.69, 9.17) is 22.7 Å². The summed E-state index contributed by atoms with van der Waals surface area (Å²) in [6, 6.07) is 5.25. The molecular formula is C14H19FN2OS. The summed E-state index contributed by atoms with van der Waals surface area (Å²) in [7, 11) is 1.70. The summed E-state index contributed by atoms with van der Waals surface area (Å²) in [4.78, 5) is 2.59. The van der Waals surface area contributed by atoms with Crippen molar-refractivity contribution in [1.29, 1.82) is 0 Å². The number of rotatable bonds is 7. The summed E-state index contributed by atoms with van der Waals surface area (Å²) in [6.07, 6.45) is 2.43. The Bertz CT molecular complexity index is 463. The van der Waals surface area contributed by atoms with E-state index in [-0.39, 0.29) is 10.8 Å². The Morgan fingerprint density at radius 3 is 2.84 bits per heavy atom. The molecule has 1 aromatic rings.